The van der Waals surface area contributed by atoms with Gasteiger partial charge in [-0.05, 0) is 31.5 Å². The van der Waals surface area contributed by atoms with E-state index < -0.39 is 0 Å². The van der Waals surface area contributed by atoms with Gasteiger partial charge in [-0.3, -0.25) is 4.57 Å². The summed E-state index contributed by atoms with van der Waals surface area (Å²) in [7, 11) is 0. The van der Waals surface area contributed by atoms with Crippen LogP contribution in [0.3, 0.4) is 0 Å². The van der Waals surface area contributed by atoms with Crippen molar-refractivity contribution in [2.45, 2.75) is 24.8 Å². The van der Waals surface area contributed by atoms with Crippen LogP contribution in [-0.4, -0.2) is 24.4 Å². The SMILES string of the molecule is Cc1cccc(-n2c(C)nnc2SCc2nnsc2Cl)c1. The average Bonchev–Trinajstić information content (AvgIpc) is 3.02. The number of hydrogen-bond donors (Lipinski definition) is 0. The monoisotopic (exact) mass is 337 g/mol. The van der Waals surface area contributed by atoms with Gasteiger partial charge in [-0.15, -0.1) is 15.3 Å². The Kier molecular flexibility index (Phi) is 4.23. The number of hydrogen-bond acceptors (Lipinski definition) is 6. The topological polar surface area (TPSA) is 56.5 Å². The van der Waals surface area contributed by atoms with E-state index in [4.69, 9.17) is 11.6 Å². The van der Waals surface area contributed by atoms with Crippen LogP contribution in [0, 0.1) is 13.8 Å². The van der Waals surface area contributed by atoms with Gasteiger partial charge in [0.15, 0.2) is 5.16 Å². The molecular formula is C13H12ClN5S2. The van der Waals surface area contributed by atoms with Crippen LogP contribution < -0.4 is 0 Å². The fraction of sp³-hybridized carbons (Fsp3) is 0.231. The highest BCUT2D eigenvalue weighted by atomic mass is 35.5. The van der Waals surface area contributed by atoms with E-state index >= 15 is 0 Å². The Balaban J connectivity index is 1.89. The molecule has 0 atom stereocenters. The second-order valence-corrected chi connectivity index (χ2v) is 6.78. The lowest BCUT2D eigenvalue weighted by molar-refractivity contribution is 0.866. The zero-order chi connectivity index (χ0) is 14.8. The summed E-state index contributed by atoms with van der Waals surface area (Å²) in [5.41, 5.74) is 3.04. The minimum Gasteiger partial charge on any atom is -0.274 e. The molecule has 0 saturated heterocycles. The molecule has 0 radical (unpaired) electrons. The van der Waals surface area contributed by atoms with Crippen molar-refractivity contribution in [3.8, 4) is 5.69 Å². The largest absolute Gasteiger partial charge is 0.274 e. The fourth-order valence-corrected chi connectivity index (χ4v) is 3.65. The second kappa shape index (κ2) is 6.13. The molecule has 2 heterocycles. The van der Waals surface area contributed by atoms with E-state index in [2.05, 4.69) is 38.8 Å². The number of aryl methyl sites for hydroxylation is 2. The van der Waals surface area contributed by atoms with Gasteiger partial charge in [0.05, 0.1) is 0 Å². The van der Waals surface area contributed by atoms with Gasteiger partial charge in [0, 0.05) is 23.0 Å². The van der Waals surface area contributed by atoms with Crippen LogP contribution in [0.2, 0.25) is 4.34 Å². The quantitative estimate of drug-likeness (QED) is 0.680. The summed E-state index contributed by atoms with van der Waals surface area (Å²) < 4.78 is 6.49. The fourth-order valence-electron chi connectivity index (χ4n) is 1.92. The molecule has 0 saturated carbocycles. The highest BCUT2D eigenvalue weighted by molar-refractivity contribution is 7.98. The Morgan fingerprint density at radius 1 is 1.24 bits per heavy atom. The Hall–Kier alpha value is -1.44. The highest BCUT2D eigenvalue weighted by Gasteiger charge is 2.13. The number of rotatable bonds is 4. The molecule has 0 aliphatic rings. The first kappa shape index (κ1) is 14.5. The summed E-state index contributed by atoms with van der Waals surface area (Å²) in [6.45, 7) is 4.01. The molecule has 8 heteroatoms. The minimum absolute atomic E-state index is 0.624. The van der Waals surface area contributed by atoms with E-state index in [9.17, 15) is 0 Å². The minimum atomic E-state index is 0.624. The Morgan fingerprint density at radius 2 is 2.10 bits per heavy atom. The zero-order valence-corrected chi connectivity index (χ0v) is 13.8. The lowest BCUT2D eigenvalue weighted by Gasteiger charge is -2.08. The van der Waals surface area contributed by atoms with Crippen LogP contribution in [0.25, 0.3) is 5.69 Å². The first-order chi connectivity index (χ1) is 10.1. The van der Waals surface area contributed by atoms with Crippen molar-refractivity contribution in [1.29, 1.82) is 0 Å². The van der Waals surface area contributed by atoms with Gasteiger partial charge in [-0.25, -0.2) is 0 Å². The molecular weight excluding hydrogens is 326 g/mol. The lowest BCUT2D eigenvalue weighted by Crippen LogP contribution is -1.99. The number of thioether (sulfide) groups is 1. The summed E-state index contributed by atoms with van der Waals surface area (Å²) in [6.07, 6.45) is 0. The van der Waals surface area contributed by atoms with Crippen LogP contribution in [-0.2, 0) is 5.75 Å². The Morgan fingerprint density at radius 3 is 2.81 bits per heavy atom. The lowest BCUT2D eigenvalue weighted by atomic mass is 10.2. The molecule has 0 aliphatic carbocycles. The summed E-state index contributed by atoms with van der Waals surface area (Å²) >= 11 is 8.77. The molecule has 108 valence electrons. The van der Waals surface area contributed by atoms with Gasteiger partial charge in [0.1, 0.15) is 15.9 Å². The molecule has 0 unspecified atom stereocenters. The van der Waals surface area contributed by atoms with Crippen molar-refractivity contribution >= 4 is 34.9 Å². The summed E-state index contributed by atoms with van der Waals surface area (Å²) in [5.74, 6) is 1.48. The van der Waals surface area contributed by atoms with E-state index in [1.54, 1.807) is 11.8 Å². The van der Waals surface area contributed by atoms with Gasteiger partial charge < -0.3 is 0 Å². The first-order valence-electron chi connectivity index (χ1n) is 6.24. The van der Waals surface area contributed by atoms with Gasteiger partial charge in [-0.2, -0.15) is 0 Å². The van der Waals surface area contributed by atoms with Crippen LogP contribution >= 0.6 is 34.9 Å². The summed E-state index contributed by atoms with van der Waals surface area (Å²) in [6, 6.07) is 8.25. The van der Waals surface area contributed by atoms with Gasteiger partial charge in [0.25, 0.3) is 0 Å². The molecule has 5 nitrogen and oxygen atoms in total. The predicted octanol–water partition coefficient (Wildman–Crippen LogP) is 3.68. The van der Waals surface area contributed by atoms with Crippen molar-refractivity contribution in [3.05, 3.63) is 45.7 Å². The summed E-state index contributed by atoms with van der Waals surface area (Å²) in [5, 5.41) is 13.2. The number of nitrogens with zero attached hydrogens (tertiary/aromatic N) is 5. The Labute approximate surface area is 135 Å². The smallest absolute Gasteiger partial charge is 0.196 e. The number of halogens is 1. The van der Waals surface area contributed by atoms with Gasteiger partial charge in [0.2, 0.25) is 0 Å². The summed E-state index contributed by atoms with van der Waals surface area (Å²) in [4.78, 5) is 0. The van der Waals surface area contributed by atoms with E-state index in [1.165, 1.54) is 17.1 Å². The van der Waals surface area contributed by atoms with Gasteiger partial charge >= 0.3 is 0 Å². The predicted molar refractivity (Wildman–Crippen MR) is 85.3 cm³/mol. The maximum absolute atomic E-state index is 6.03. The maximum atomic E-state index is 6.03. The highest BCUT2D eigenvalue weighted by Crippen LogP contribution is 2.28. The molecule has 3 rings (SSSR count). The molecule has 0 amide bonds. The van der Waals surface area contributed by atoms with E-state index in [1.807, 2.05) is 23.6 Å². The van der Waals surface area contributed by atoms with Crippen LogP contribution in [0.15, 0.2) is 29.4 Å². The molecule has 0 spiro atoms. The van der Waals surface area contributed by atoms with Crippen LogP contribution in [0.4, 0.5) is 0 Å². The molecule has 0 aliphatic heterocycles. The third-order valence-corrected chi connectivity index (χ3v) is 4.83. The van der Waals surface area contributed by atoms with Crippen molar-refractivity contribution in [3.63, 3.8) is 0 Å². The maximum Gasteiger partial charge on any atom is 0.196 e. The zero-order valence-electron chi connectivity index (χ0n) is 11.4. The first-order valence-corrected chi connectivity index (χ1v) is 8.37. The van der Waals surface area contributed by atoms with E-state index in [0.717, 1.165) is 22.4 Å². The molecule has 0 bridgehead atoms. The van der Waals surface area contributed by atoms with Gasteiger partial charge in [-0.1, -0.05) is 40.0 Å². The molecule has 3 aromatic rings. The Bertz CT molecular complexity index is 768. The number of aromatic nitrogens is 5. The second-order valence-electron chi connectivity index (χ2n) is 4.49. The van der Waals surface area contributed by atoms with E-state index in [-0.39, 0.29) is 0 Å². The van der Waals surface area contributed by atoms with Crippen LogP contribution in [0.5, 0.6) is 0 Å². The number of benzene rings is 1. The van der Waals surface area contributed by atoms with Crippen molar-refractivity contribution in [2.24, 2.45) is 0 Å². The molecule has 0 fully saturated rings. The molecule has 21 heavy (non-hydrogen) atoms. The molecule has 2 aromatic heterocycles. The molecule has 0 N–H and O–H groups in total. The van der Waals surface area contributed by atoms with Crippen molar-refractivity contribution < 1.29 is 0 Å². The molecule has 1 aromatic carbocycles. The van der Waals surface area contributed by atoms with Crippen molar-refractivity contribution in [1.82, 2.24) is 24.4 Å². The third-order valence-electron chi connectivity index (χ3n) is 2.90. The average molecular weight is 338 g/mol. The van der Waals surface area contributed by atoms with Crippen molar-refractivity contribution in [2.75, 3.05) is 0 Å². The normalized spacial score (nSPS) is 11.0. The third kappa shape index (κ3) is 3.09. The van der Waals surface area contributed by atoms with E-state index in [0.29, 0.717) is 10.1 Å². The standard InChI is InChI=1S/C13H12ClN5S2/c1-8-4-3-5-10(6-8)19-9(2)15-17-13(19)20-7-11-12(14)21-18-16-11/h3-6H,7H2,1-2H3. The van der Waals surface area contributed by atoms with Crippen LogP contribution in [0.1, 0.15) is 17.1 Å².